The molecule has 2 aromatic rings. The fourth-order valence-corrected chi connectivity index (χ4v) is 2.25. The van der Waals surface area contributed by atoms with Gasteiger partial charge < -0.3 is 10.6 Å². The third-order valence-electron chi connectivity index (χ3n) is 3.26. The van der Waals surface area contributed by atoms with Crippen molar-refractivity contribution in [3.8, 4) is 0 Å². The van der Waals surface area contributed by atoms with E-state index in [0.29, 0.717) is 19.4 Å². The molecule has 0 saturated carbocycles. The minimum Gasteiger partial charge on any atom is -0.399 e. The van der Waals surface area contributed by atoms with Gasteiger partial charge in [-0.15, -0.1) is 0 Å². The fourth-order valence-electron chi connectivity index (χ4n) is 2.25. The van der Waals surface area contributed by atoms with E-state index in [1.165, 1.54) is 0 Å². The van der Waals surface area contributed by atoms with Gasteiger partial charge in [0.15, 0.2) is 0 Å². The van der Waals surface area contributed by atoms with E-state index in [2.05, 4.69) is 0 Å². The fraction of sp³-hybridized carbons (Fsp3) is 0.235. The topological polar surface area (TPSA) is 46.3 Å². The highest BCUT2D eigenvalue weighted by Crippen LogP contribution is 2.16. The number of rotatable bonds is 5. The normalized spacial score (nSPS) is 10.2. The number of nitrogen functional groups attached to an aromatic ring is 1. The quantitative estimate of drug-likeness (QED) is 0.846. The highest BCUT2D eigenvalue weighted by molar-refractivity contribution is 5.93. The summed E-state index contributed by atoms with van der Waals surface area (Å²) in [5.41, 5.74) is 8.54. The van der Waals surface area contributed by atoms with Crippen LogP contribution in [0.25, 0.3) is 0 Å². The lowest BCUT2D eigenvalue weighted by atomic mass is 10.1. The zero-order chi connectivity index (χ0) is 14.4. The summed E-state index contributed by atoms with van der Waals surface area (Å²) in [6, 6.07) is 17.5. The number of benzene rings is 2. The number of nitrogens with zero attached hydrogens (tertiary/aromatic N) is 1. The minimum atomic E-state index is 0.140. The van der Waals surface area contributed by atoms with Crippen LogP contribution in [0.1, 0.15) is 18.9 Å². The molecular formula is C17H20N2O. The Balaban J connectivity index is 2.00. The van der Waals surface area contributed by atoms with Crippen molar-refractivity contribution in [1.29, 1.82) is 0 Å². The third-order valence-corrected chi connectivity index (χ3v) is 3.26. The first-order valence-electron chi connectivity index (χ1n) is 6.90. The second kappa shape index (κ2) is 6.75. The molecule has 0 fully saturated rings. The van der Waals surface area contributed by atoms with Gasteiger partial charge in [-0.3, -0.25) is 4.79 Å². The van der Waals surface area contributed by atoms with Gasteiger partial charge in [0.1, 0.15) is 0 Å². The van der Waals surface area contributed by atoms with Gasteiger partial charge in [0.25, 0.3) is 0 Å². The zero-order valence-electron chi connectivity index (χ0n) is 11.8. The lowest BCUT2D eigenvalue weighted by Gasteiger charge is -2.21. The van der Waals surface area contributed by atoms with Crippen LogP contribution >= 0.6 is 0 Å². The van der Waals surface area contributed by atoms with Crippen LogP contribution in [0, 0.1) is 0 Å². The molecule has 2 aromatic carbocycles. The molecule has 0 aliphatic rings. The number of para-hydroxylation sites is 1. The van der Waals surface area contributed by atoms with Crippen LogP contribution in [0.2, 0.25) is 0 Å². The van der Waals surface area contributed by atoms with Gasteiger partial charge in [-0.2, -0.15) is 0 Å². The Morgan fingerprint density at radius 2 is 1.85 bits per heavy atom. The Labute approximate surface area is 120 Å². The summed E-state index contributed by atoms with van der Waals surface area (Å²) in [7, 11) is 0. The standard InChI is InChI=1S/C17H20N2O/c1-2-19(16-9-4-3-5-10-16)17(20)12-11-14-7-6-8-15(18)13-14/h3-10,13H,2,11-12,18H2,1H3. The van der Waals surface area contributed by atoms with Crippen LogP contribution in [-0.4, -0.2) is 12.5 Å². The Hall–Kier alpha value is -2.29. The monoisotopic (exact) mass is 268 g/mol. The lowest BCUT2D eigenvalue weighted by molar-refractivity contribution is -0.118. The van der Waals surface area contributed by atoms with E-state index in [9.17, 15) is 4.79 Å². The van der Waals surface area contributed by atoms with Gasteiger partial charge in [0, 0.05) is 24.3 Å². The maximum absolute atomic E-state index is 12.3. The molecule has 0 spiro atoms. The van der Waals surface area contributed by atoms with Crippen molar-refractivity contribution in [3.05, 3.63) is 60.2 Å². The van der Waals surface area contributed by atoms with Gasteiger partial charge in [-0.25, -0.2) is 0 Å². The first kappa shape index (κ1) is 14.1. The summed E-state index contributed by atoms with van der Waals surface area (Å²) < 4.78 is 0. The molecule has 3 nitrogen and oxygen atoms in total. The molecule has 0 saturated heterocycles. The van der Waals surface area contributed by atoms with Crippen molar-refractivity contribution < 1.29 is 4.79 Å². The third kappa shape index (κ3) is 3.60. The van der Waals surface area contributed by atoms with Gasteiger partial charge in [0.05, 0.1) is 0 Å². The first-order valence-corrected chi connectivity index (χ1v) is 6.90. The Morgan fingerprint density at radius 1 is 1.10 bits per heavy atom. The van der Waals surface area contributed by atoms with Gasteiger partial charge in [-0.1, -0.05) is 30.3 Å². The summed E-state index contributed by atoms with van der Waals surface area (Å²) in [6.45, 7) is 2.67. The second-order valence-corrected chi connectivity index (χ2v) is 4.72. The molecule has 20 heavy (non-hydrogen) atoms. The average Bonchev–Trinajstić information content (AvgIpc) is 2.47. The molecule has 0 aliphatic carbocycles. The number of anilines is 2. The van der Waals surface area contributed by atoms with Gasteiger partial charge in [-0.05, 0) is 43.2 Å². The molecule has 0 aliphatic heterocycles. The van der Waals surface area contributed by atoms with E-state index >= 15 is 0 Å². The zero-order valence-corrected chi connectivity index (χ0v) is 11.8. The number of aryl methyl sites for hydroxylation is 1. The SMILES string of the molecule is CCN(C(=O)CCc1cccc(N)c1)c1ccccc1. The maximum Gasteiger partial charge on any atom is 0.227 e. The van der Waals surface area contributed by atoms with E-state index in [1.807, 2.05) is 66.4 Å². The summed E-state index contributed by atoms with van der Waals surface area (Å²) >= 11 is 0. The molecule has 1 amide bonds. The molecule has 0 bridgehead atoms. The van der Waals surface area contributed by atoms with E-state index in [4.69, 9.17) is 5.73 Å². The molecule has 0 aromatic heterocycles. The summed E-state index contributed by atoms with van der Waals surface area (Å²) in [4.78, 5) is 14.1. The lowest BCUT2D eigenvalue weighted by Crippen LogP contribution is -2.30. The summed E-state index contributed by atoms with van der Waals surface area (Å²) in [5.74, 6) is 0.140. The minimum absolute atomic E-state index is 0.140. The molecule has 0 radical (unpaired) electrons. The van der Waals surface area contributed by atoms with E-state index in [-0.39, 0.29) is 5.91 Å². The molecule has 0 unspecified atom stereocenters. The van der Waals surface area contributed by atoms with Crippen LogP contribution < -0.4 is 10.6 Å². The molecule has 2 rings (SSSR count). The Kier molecular flexibility index (Phi) is 4.77. The van der Waals surface area contributed by atoms with E-state index in [0.717, 1.165) is 16.9 Å². The van der Waals surface area contributed by atoms with Crippen molar-refractivity contribution in [2.24, 2.45) is 0 Å². The maximum atomic E-state index is 12.3. The van der Waals surface area contributed by atoms with Gasteiger partial charge in [0.2, 0.25) is 5.91 Å². The highest BCUT2D eigenvalue weighted by Gasteiger charge is 2.13. The molecule has 0 atom stereocenters. The van der Waals surface area contributed by atoms with Crippen molar-refractivity contribution in [1.82, 2.24) is 0 Å². The number of amides is 1. The average molecular weight is 268 g/mol. The number of carbonyl (C=O) groups is 1. The molecule has 104 valence electrons. The first-order chi connectivity index (χ1) is 9.70. The van der Waals surface area contributed by atoms with Gasteiger partial charge >= 0.3 is 0 Å². The highest BCUT2D eigenvalue weighted by atomic mass is 16.2. The second-order valence-electron chi connectivity index (χ2n) is 4.72. The van der Waals surface area contributed by atoms with Crippen LogP contribution in [0.4, 0.5) is 11.4 Å². The van der Waals surface area contributed by atoms with E-state index in [1.54, 1.807) is 0 Å². The van der Waals surface area contributed by atoms with Crippen LogP contribution in [0.15, 0.2) is 54.6 Å². The molecular weight excluding hydrogens is 248 g/mol. The largest absolute Gasteiger partial charge is 0.399 e. The Morgan fingerprint density at radius 3 is 2.50 bits per heavy atom. The van der Waals surface area contributed by atoms with Crippen molar-refractivity contribution >= 4 is 17.3 Å². The number of hydrogen-bond acceptors (Lipinski definition) is 2. The predicted molar refractivity (Wildman–Crippen MR) is 83.6 cm³/mol. The summed E-state index contributed by atoms with van der Waals surface area (Å²) in [5, 5.41) is 0. The van der Waals surface area contributed by atoms with Crippen LogP contribution in [-0.2, 0) is 11.2 Å². The molecule has 2 N–H and O–H groups in total. The van der Waals surface area contributed by atoms with Crippen molar-refractivity contribution in [2.45, 2.75) is 19.8 Å². The number of hydrogen-bond donors (Lipinski definition) is 1. The van der Waals surface area contributed by atoms with Crippen molar-refractivity contribution in [3.63, 3.8) is 0 Å². The smallest absolute Gasteiger partial charge is 0.227 e. The number of nitrogens with two attached hydrogens (primary N) is 1. The van der Waals surface area contributed by atoms with E-state index < -0.39 is 0 Å². The van der Waals surface area contributed by atoms with Crippen LogP contribution in [0.5, 0.6) is 0 Å². The van der Waals surface area contributed by atoms with Crippen molar-refractivity contribution in [2.75, 3.05) is 17.2 Å². The van der Waals surface area contributed by atoms with Crippen LogP contribution in [0.3, 0.4) is 0 Å². The molecule has 3 heteroatoms. The molecule has 0 heterocycles. The summed E-state index contributed by atoms with van der Waals surface area (Å²) in [6.07, 6.45) is 1.21. The number of carbonyl (C=O) groups excluding carboxylic acids is 1. The predicted octanol–water partition coefficient (Wildman–Crippen LogP) is 3.25. The Bertz CT molecular complexity index is 566.